The second-order valence-electron chi connectivity index (χ2n) is 9.47. The van der Waals surface area contributed by atoms with E-state index in [1.807, 2.05) is 0 Å². The maximum absolute atomic E-state index is 15.8. The Balaban J connectivity index is 1.46. The third kappa shape index (κ3) is 5.82. The first-order valence-corrected chi connectivity index (χ1v) is 12.7. The molecule has 0 aliphatic carbocycles. The first kappa shape index (κ1) is 27.6. The van der Waals surface area contributed by atoms with Crippen LogP contribution in [0.2, 0.25) is 0 Å². The summed E-state index contributed by atoms with van der Waals surface area (Å²) in [5, 5.41) is 10.2. The fourth-order valence-corrected chi connectivity index (χ4v) is 4.06. The number of esters is 2. The van der Waals surface area contributed by atoms with Crippen LogP contribution >= 0.6 is 0 Å². The lowest BCUT2D eigenvalue weighted by molar-refractivity contribution is -0.118. The molecule has 2 aromatic heterocycles. The highest BCUT2D eigenvalue weighted by Crippen LogP contribution is 2.35. The number of carbonyl (C=O) groups is 3. The second kappa shape index (κ2) is 11.6. The second-order valence-corrected chi connectivity index (χ2v) is 9.47. The molecule has 1 aliphatic heterocycles. The normalized spacial score (nSPS) is 20.2. The van der Waals surface area contributed by atoms with Gasteiger partial charge in [0.15, 0.2) is 29.7 Å². The van der Waals surface area contributed by atoms with E-state index in [9.17, 15) is 19.2 Å². The standard InChI is InChI=1S/C27H25FN6O7/c1-14(2)22(35)30-27-29-21-19(23(36)31-27)32-33-34(21)24-20(41-26(38)16-11-7-4-8-12-16)18(28)17(40-24)13-39-25(37)15-9-5-3-6-10-15/h3-12,14,17-18,20,24H,13H2,1-2H3,(H2,29,30,31,35,36)/t17-,18-,20-,24?/m1/s1. The van der Waals surface area contributed by atoms with Gasteiger partial charge in [-0.15, -0.1) is 5.10 Å². The van der Waals surface area contributed by atoms with Crippen molar-refractivity contribution in [2.45, 2.75) is 38.5 Å². The van der Waals surface area contributed by atoms with E-state index in [2.05, 4.69) is 25.6 Å². The van der Waals surface area contributed by atoms with Crippen LogP contribution in [-0.4, -0.2) is 67.8 Å². The molecule has 0 saturated carbocycles. The summed E-state index contributed by atoms with van der Waals surface area (Å²) in [6.45, 7) is 2.80. The number of H-pyrrole nitrogens is 1. The lowest BCUT2D eigenvalue weighted by Crippen LogP contribution is -2.35. The van der Waals surface area contributed by atoms with Crippen molar-refractivity contribution in [2.24, 2.45) is 5.92 Å². The van der Waals surface area contributed by atoms with Gasteiger partial charge in [-0.05, 0) is 24.3 Å². The minimum Gasteiger partial charge on any atom is -0.459 e. The third-order valence-electron chi connectivity index (χ3n) is 6.25. The minimum atomic E-state index is -1.97. The van der Waals surface area contributed by atoms with Crippen molar-refractivity contribution in [3.05, 3.63) is 82.1 Å². The zero-order chi connectivity index (χ0) is 29.1. The summed E-state index contributed by atoms with van der Waals surface area (Å²) in [7, 11) is 0. The van der Waals surface area contributed by atoms with Crippen molar-refractivity contribution in [3.8, 4) is 0 Å². The molecule has 13 nitrogen and oxygen atoms in total. The maximum atomic E-state index is 15.8. The van der Waals surface area contributed by atoms with E-state index in [1.165, 1.54) is 12.1 Å². The summed E-state index contributed by atoms with van der Waals surface area (Å²) < 4.78 is 33.5. The first-order chi connectivity index (χ1) is 19.7. The van der Waals surface area contributed by atoms with Crippen molar-refractivity contribution >= 4 is 35.0 Å². The Labute approximate surface area is 231 Å². The van der Waals surface area contributed by atoms with E-state index in [4.69, 9.17) is 14.2 Å². The minimum absolute atomic E-state index is 0.160. The molecule has 1 aliphatic rings. The molecule has 41 heavy (non-hydrogen) atoms. The highest BCUT2D eigenvalue weighted by molar-refractivity contribution is 5.91. The van der Waals surface area contributed by atoms with E-state index in [1.54, 1.807) is 62.4 Å². The summed E-state index contributed by atoms with van der Waals surface area (Å²) in [6, 6.07) is 16.0. The number of rotatable bonds is 8. The third-order valence-corrected chi connectivity index (χ3v) is 6.25. The number of carbonyl (C=O) groups excluding carboxylic acids is 3. The van der Waals surface area contributed by atoms with Crippen molar-refractivity contribution in [2.75, 3.05) is 11.9 Å². The number of fused-ring (bicyclic) bond motifs is 1. The van der Waals surface area contributed by atoms with Crippen LogP contribution in [0.3, 0.4) is 0 Å². The highest BCUT2D eigenvalue weighted by Gasteiger charge is 2.50. The molecule has 1 saturated heterocycles. The Morgan fingerprint density at radius 3 is 2.32 bits per heavy atom. The molecule has 4 aromatic rings. The van der Waals surface area contributed by atoms with Crippen LogP contribution in [0.5, 0.6) is 0 Å². The van der Waals surface area contributed by atoms with Gasteiger partial charge in [-0.25, -0.2) is 14.0 Å². The smallest absolute Gasteiger partial charge is 0.338 e. The van der Waals surface area contributed by atoms with E-state index in [0.717, 1.165) is 4.68 Å². The number of alkyl halides is 1. The Bertz CT molecular complexity index is 1630. The Kier molecular flexibility index (Phi) is 7.83. The molecule has 0 radical (unpaired) electrons. The van der Waals surface area contributed by atoms with Gasteiger partial charge in [0.1, 0.15) is 12.7 Å². The fraction of sp³-hybridized carbons (Fsp3) is 0.296. The number of hydrogen-bond acceptors (Lipinski definition) is 10. The molecule has 2 N–H and O–H groups in total. The number of benzene rings is 2. The van der Waals surface area contributed by atoms with Crippen LogP contribution in [0.15, 0.2) is 65.5 Å². The Hall–Kier alpha value is -4.98. The van der Waals surface area contributed by atoms with Crippen LogP contribution in [0.4, 0.5) is 10.3 Å². The largest absolute Gasteiger partial charge is 0.459 e. The van der Waals surface area contributed by atoms with E-state index in [-0.39, 0.29) is 28.2 Å². The number of nitrogens with zero attached hydrogens (tertiary/aromatic N) is 4. The van der Waals surface area contributed by atoms with Crippen LogP contribution in [0, 0.1) is 5.92 Å². The lowest BCUT2D eigenvalue weighted by atomic mass is 10.1. The van der Waals surface area contributed by atoms with Gasteiger partial charge in [0, 0.05) is 5.92 Å². The fourth-order valence-electron chi connectivity index (χ4n) is 4.06. The number of aromatic nitrogens is 5. The van der Waals surface area contributed by atoms with Crippen molar-refractivity contribution in [3.63, 3.8) is 0 Å². The number of hydrogen-bond donors (Lipinski definition) is 2. The molecule has 3 heterocycles. The van der Waals surface area contributed by atoms with Crippen LogP contribution in [-0.2, 0) is 19.0 Å². The highest BCUT2D eigenvalue weighted by atomic mass is 19.1. The molecular weight excluding hydrogens is 539 g/mol. The number of amides is 1. The Morgan fingerprint density at radius 2 is 1.68 bits per heavy atom. The van der Waals surface area contributed by atoms with Gasteiger partial charge in [0.2, 0.25) is 11.9 Å². The predicted octanol–water partition coefficient (Wildman–Crippen LogP) is 2.43. The quantitative estimate of drug-likeness (QED) is 0.303. The van der Waals surface area contributed by atoms with Gasteiger partial charge in [-0.3, -0.25) is 19.9 Å². The maximum Gasteiger partial charge on any atom is 0.338 e. The van der Waals surface area contributed by atoms with Crippen LogP contribution in [0.25, 0.3) is 11.2 Å². The lowest BCUT2D eigenvalue weighted by Gasteiger charge is -2.20. The molecule has 0 bridgehead atoms. The summed E-state index contributed by atoms with van der Waals surface area (Å²) in [5.74, 6) is -2.56. The van der Waals surface area contributed by atoms with E-state index >= 15 is 4.39 Å². The molecular formula is C27H25FN6O7. The topological polar surface area (TPSA) is 167 Å². The van der Waals surface area contributed by atoms with Crippen molar-refractivity contribution in [1.82, 2.24) is 25.0 Å². The monoisotopic (exact) mass is 564 g/mol. The number of halogens is 1. The van der Waals surface area contributed by atoms with Gasteiger partial charge >= 0.3 is 11.9 Å². The zero-order valence-electron chi connectivity index (χ0n) is 21.9. The number of nitrogens with one attached hydrogen (secondary N) is 2. The van der Waals surface area contributed by atoms with Crippen LogP contribution in [0.1, 0.15) is 40.8 Å². The summed E-state index contributed by atoms with van der Waals surface area (Å²) in [6.07, 6.45) is -6.39. The van der Waals surface area contributed by atoms with E-state index in [0.29, 0.717) is 0 Å². The molecule has 2 aromatic carbocycles. The average Bonchev–Trinajstić information content (AvgIpc) is 3.53. The average molecular weight is 565 g/mol. The van der Waals surface area contributed by atoms with Gasteiger partial charge < -0.3 is 14.2 Å². The number of ether oxygens (including phenoxy) is 3. The van der Waals surface area contributed by atoms with Crippen LogP contribution < -0.4 is 10.9 Å². The van der Waals surface area contributed by atoms with E-state index < -0.39 is 60.5 Å². The number of anilines is 1. The molecule has 4 atom stereocenters. The van der Waals surface area contributed by atoms with Gasteiger partial charge in [-0.2, -0.15) is 9.67 Å². The molecule has 212 valence electrons. The molecule has 1 unspecified atom stereocenters. The molecule has 1 amide bonds. The molecule has 5 rings (SSSR count). The molecule has 1 fully saturated rings. The van der Waals surface area contributed by atoms with Gasteiger partial charge in [-0.1, -0.05) is 55.5 Å². The summed E-state index contributed by atoms with van der Waals surface area (Å²) >= 11 is 0. The number of aromatic amines is 1. The first-order valence-electron chi connectivity index (χ1n) is 12.7. The predicted molar refractivity (Wildman–Crippen MR) is 141 cm³/mol. The summed E-state index contributed by atoms with van der Waals surface area (Å²) in [4.78, 5) is 56.8. The SMILES string of the molecule is CC(C)C(=O)Nc1nc2c(nnn2C2O[C@H](COC(=O)c3ccccc3)[C@@H](F)[C@H]2OC(=O)c2ccccc2)c(=O)[nH]1. The van der Waals surface area contributed by atoms with Crippen molar-refractivity contribution in [1.29, 1.82) is 0 Å². The Morgan fingerprint density at radius 1 is 1.05 bits per heavy atom. The zero-order valence-corrected chi connectivity index (χ0v) is 21.9. The van der Waals surface area contributed by atoms with Crippen molar-refractivity contribution < 1.29 is 33.0 Å². The summed E-state index contributed by atoms with van der Waals surface area (Å²) in [5.41, 5.74) is -0.687. The van der Waals surface area contributed by atoms with Gasteiger partial charge in [0.25, 0.3) is 5.56 Å². The van der Waals surface area contributed by atoms with Gasteiger partial charge in [0.05, 0.1) is 11.1 Å². The molecule has 14 heteroatoms. The molecule has 0 spiro atoms.